The van der Waals surface area contributed by atoms with Crippen LogP contribution >= 0.6 is 0 Å². The quantitative estimate of drug-likeness (QED) is 0.668. The van der Waals surface area contributed by atoms with Gasteiger partial charge in [-0.3, -0.25) is 0 Å². The third kappa shape index (κ3) is 4.45. The van der Waals surface area contributed by atoms with Gasteiger partial charge in [-0.25, -0.2) is 4.79 Å². The first kappa shape index (κ1) is 17.6. The minimum Gasteiger partial charge on any atom is -0.489 e. The molecule has 0 aliphatic carbocycles. The summed E-state index contributed by atoms with van der Waals surface area (Å²) >= 11 is 0. The summed E-state index contributed by atoms with van der Waals surface area (Å²) in [4.78, 5) is 11.5. The fraction of sp³-hybridized carbons (Fsp3) is 0.0952. The SMILES string of the molecule is [B]c1cc(C(=O)O)c(OCc2ccccc2)cc1OCc1ccccc1. The van der Waals surface area contributed by atoms with Crippen LogP contribution in [0.5, 0.6) is 11.5 Å². The van der Waals surface area contributed by atoms with Gasteiger partial charge in [0.15, 0.2) is 0 Å². The van der Waals surface area contributed by atoms with E-state index in [2.05, 4.69) is 0 Å². The molecule has 0 spiro atoms. The molecule has 0 saturated heterocycles. The molecule has 5 heteroatoms. The summed E-state index contributed by atoms with van der Waals surface area (Å²) in [6, 6.07) is 22.1. The van der Waals surface area contributed by atoms with E-state index in [1.165, 1.54) is 12.1 Å². The third-order valence-electron chi connectivity index (χ3n) is 3.82. The maximum atomic E-state index is 11.5. The first-order chi connectivity index (χ1) is 12.6. The molecule has 0 fully saturated rings. The van der Waals surface area contributed by atoms with Gasteiger partial charge in [0.05, 0.1) is 0 Å². The van der Waals surface area contributed by atoms with Crippen molar-refractivity contribution in [2.24, 2.45) is 0 Å². The molecule has 0 aliphatic rings. The summed E-state index contributed by atoms with van der Waals surface area (Å²) < 4.78 is 11.5. The fourth-order valence-electron chi connectivity index (χ4n) is 2.46. The average Bonchev–Trinajstić information content (AvgIpc) is 2.67. The van der Waals surface area contributed by atoms with Crippen LogP contribution in [0.1, 0.15) is 21.5 Å². The van der Waals surface area contributed by atoms with E-state index in [1.54, 1.807) is 0 Å². The van der Waals surface area contributed by atoms with Crippen LogP contribution < -0.4 is 14.9 Å². The highest BCUT2D eigenvalue weighted by molar-refractivity contribution is 6.34. The van der Waals surface area contributed by atoms with Gasteiger partial charge in [-0.1, -0.05) is 66.1 Å². The molecule has 0 bridgehead atoms. The van der Waals surface area contributed by atoms with Crippen molar-refractivity contribution in [3.8, 4) is 11.5 Å². The van der Waals surface area contributed by atoms with Crippen molar-refractivity contribution >= 4 is 19.3 Å². The van der Waals surface area contributed by atoms with Crippen LogP contribution in [-0.2, 0) is 13.2 Å². The normalized spacial score (nSPS) is 10.3. The van der Waals surface area contributed by atoms with Crippen LogP contribution in [0.3, 0.4) is 0 Å². The zero-order valence-electron chi connectivity index (χ0n) is 14.1. The Bertz CT molecular complexity index is 879. The number of carbonyl (C=O) groups is 1. The van der Waals surface area contributed by atoms with Crippen LogP contribution in [0.2, 0.25) is 0 Å². The van der Waals surface area contributed by atoms with E-state index in [4.69, 9.17) is 17.3 Å². The Morgan fingerprint density at radius 2 is 1.31 bits per heavy atom. The number of carboxylic acid groups (broad SMARTS) is 1. The maximum Gasteiger partial charge on any atom is 0.339 e. The maximum absolute atomic E-state index is 11.5. The van der Waals surface area contributed by atoms with E-state index < -0.39 is 5.97 Å². The van der Waals surface area contributed by atoms with Crippen molar-refractivity contribution in [2.75, 3.05) is 0 Å². The summed E-state index contributed by atoms with van der Waals surface area (Å²) in [5.74, 6) is -0.491. The molecule has 0 unspecified atom stereocenters. The molecule has 128 valence electrons. The largest absolute Gasteiger partial charge is 0.489 e. The number of hydrogen-bond donors (Lipinski definition) is 1. The van der Waals surface area contributed by atoms with Gasteiger partial charge in [-0.15, -0.1) is 0 Å². The second-order valence-corrected chi connectivity index (χ2v) is 5.74. The van der Waals surface area contributed by atoms with Crippen molar-refractivity contribution in [3.63, 3.8) is 0 Å². The summed E-state index contributed by atoms with van der Waals surface area (Å²) in [6.07, 6.45) is 0. The van der Waals surface area contributed by atoms with Crippen LogP contribution in [0.15, 0.2) is 72.8 Å². The van der Waals surface area contributed by atoms with Gasteiger partial charge in [-0.05, 0) is 17.2 Å². The molecule has 26 heavy (non-hydrogen) atoms. The molecule has 3 rings (SSSR count). The van der Waals surface area contributed by atoms with E-state index in [-0.39, 0.29) is 23.4 Å². The molecule has 3 aromatic rings. The highest BCUT2D eigenvalue weighted by Crippen LogP contribution is 2.25. The molecular formula is C21H17BO4. The molecule has 1 N–H and O–H groups in total. The van der Waals surface area contributed by atoms with E-state index in [9.17, 15) is 9.90 Å². The number of benzene rings is 3. The van der Waals surface area contributed by atoms with Crippen molar-refractivity contribution in [3.05, 3.63) is 89.5 Å². The van der Waals surface area contributed by atoms with Crippen molar-refractivity contribution in [1.29, 1.82) is 0 Å². The summed E-state index contributed by atoms with van der Waals surface area (Å²) in [5, 5.41) is 9.41. The van der Waals surface area contributed by atoms with E-state index in [0.29, 0.717) is 12.4 Å². The highest BCUT2D eigenvalue weighted by atomic mass is 16.5. The monoisotopic (exact) mass is 344 g/mol. The minimum atomic E-state index is -1.10. The molecule has 2 radical (unpaired) electrons. The first-order valence-electron chi connectivity index (χ1n) is 8.14. The van der Waals surface area contributed by atoms with Crippen LogP contribution in [0.25, 0.3) is 0 Å². The van der Waals surface area contributed by atoms with E-state index in [1.807, 2.05) is 60.7 Å². The molecule has 0 aromatic heterocycles. The van der Waals surface area contributed by atoms with Gasteiger partial charge in [-0.2, -0.15) is 0 Å². The van der Waals surface area contributed by atoms with Crippen molar-refractivity contribution in [2.45, 2.75) is 13.2 Å². The summed E-state index contributed by atoms with van der Waals surface area (Å²) in [6.45, 7) is 0.582. The van der Waals surface area contributed by atoms with Gasteiger partial charge < -0.3 is 14.6 Å². The Morgan fingerprint density at radius 1 is 0.808 bits per heavy atom. The molecule has 0 saturated carbocycles. The van der Waals surface area contributed by atoms with E-state index in [0.717, 1.165) is 11.1 Å². The van der Waals surface area contributed by atoms with Gasteiger partial charge in [0, 0.05) is 6.07 Å². The summed E-state index contributed by atoms with van der Waals surface area (Å²) in [5.41, 5.74) is 2.18. The predicted molar refractivity (Wildman–Crippen MR) is 100 cm³/mol. The highest BCUT2D eigenvalue weighted by Gasteiger charge is 2.15. The Balaban J connectivity index is 1.80. The molecule has 0 aliphatic heterocycles. The average molecular weight is 344 g/mol. The zero-order valence-corrected chi connectivity index (χ0v) is 14.1. The number of ether oxygens (including phenoxy) is 2. The van der Waals surface area contributed by atoms with Gasteiger partial charge in [0.1, 0.15) is 38.1 Å². The number of hydrogen-bond acceptors (Lipinski definition) is 3. The Morgan fingerprint density at radius 3 is 1.81 bits per heavy atom. The van der Waals surface area contributed by atoms with Crippen LogP contribution in [-0.4, -0.2) is 18.9 Å². The number of aromatic carboxylic acids is 1. The van der Waals surface area contributed by atoms with Crippen LogP contribution in [0, 0.1) is 0 Å². The Kier molecular flexibility index (Phi) is 5.59. The van der Waals surface area contributed by atoms with E-state index >= 15 is 0 Å². The Labute approximate surface area is 153 Å². The standard InChI is InChI=1S/C21H17BO4/c22-18-11-17(21(23)24)19(25-13-15-7-3-1-4-8-15)12-20(18)26-14-16-9-5-2-6-10-16/h1-12H,13-14H2,(H,23,24). The lowest BCUT2D eigenvalue weighted by atomic mass is 9.92. The fourth-order valence-corrected chi connectivity index (χ4v) is 2.46. The topological polar surface area (TPSA) is 55.8 Å². The smallest absolute Gasteiger partial charge is 0.339 e. The number of carboxylic acids is 1. The summed E-state index contributed by atoms with van der Waals surface area (Å²) in [7, 11) is 5.96. The lowest BCUT2D eigenvalue weighted by Gasteiger charge is -2.15. The molecule has 3 aromatic carbocycles. The lowest BCUT2D eigenvalue weighted by molar-refractivity contribution is 0.0692. The van der Waals surface area contributed by atoms with Crippen molar-refractivity contribution in [1.82, 2.24) is 0 Å². The third-order valence-corrected chi connectivity index (χ3v) is 3.82. The number of rotatable bonds is 7. The second kappa shape index (κ2) is 8.25. The zero-order chi connectivity index (χ0) is 18.4. The molecule has 0 heterocycles. The predicted octanol–water partition coefficient (Wildman–Crippen LogP) is 3.34. The van der Waals surface area contributed by atoms with Gasteiger partial charge >= 0.3 is 5.97 Å². The Hall–Kier alpha value is -3.21. The molecule has 0 atom stereocenters. The molecule has 4 nitrogen and oxygen atoms in total. The lowest BCUT2D eigenvalue weighted by Crippen LogP contribution is -2.14. The molecule has 0 amide bonds. The van der Waals surface area contributed by atoms with Crippen molar-refractivity contribution < 1.29 is 19.4 Å². The molecular weight excluding hydrogens is 327 g/mol. The second-order valence-electron chi connectivity index (χ2n) is 5.74. The van der Waals surface area contributed by atoms with Gasteiger partial charge in [0.2, 0.25) is 0 Å². The first-order valence-corrected chi connectivity index (χ1v) is 8.14. The van der Waals surface area contributed by atoms with Gasteiger partial charge in [0.25, 0.3) is 0 Å². The minimum absolute atomic E-state index is 0.00509. The van der Waals surface area contributed by atoms with Crippen LogP contribution in [0.4, 0.5) is 0 Å².